The monoisotopic (exact) mass is 249 g/mol. The molecule has 3 nitrogen and oxygen atoms in total. The second-order valence-corrected chi connectivity index (χ2v) is 4.43. The smallest absolute Gasteiger partial charge is 0.223 e. The third-order valence-electron chi connectivity index (χ3n) is 3.03. The SMILES string of the molecule is CCNC(=O)CCOc1ccc(C(C)CC)cc1. The Morgan fingerprint density at radius 3 is 2.50 bits per heavy atom. The number of rotatable bonds is 7. The zero-order valence-corrected chi connectivity index (χ0v) is 11.5. The van der Waals surface area contributed by atoms with Crippen molar-refractivity contribution in [2.45, 2.75) is 39.5 Å². The molecule has 1 unspecified atom stereocenters. The van der Waals surface area contributed by atoms with Crippen LogP contribution in [-0.4, -0.2) is 19.1 Å². The highest BCUT2D eigenvalue weighted by molar-refractivity contribution is 5.75. The Bertz CT molecular complexity index is 359. The molecule has 18 heavy (non-hydrogen) atoms. The molecule has 1 rings (SSSR count). The lowest BCUT2D eigenvalue weighted by Crippen LogP contribution is -2.24. The van der Waals surface area contributed by atoms with Crippen molar-refractivity contribution in [3.8, 4) is 5.75 Å². The molecule has 100 valence electrons. The van der Waals surface area contributed by atoms with Crippen molar-refractivity contribution in [3.63, 3.8) is 0 Å². The Labute approximate surface area is 110 Å². The molecule has 0 aromatic heterocycles. The topological polar surface area (TPSA) is 38.3 Å². The van der Waals surface area contributed by atoms with Gasteiger partial charge in [0.25, 0.3) is 0 Å². The van der Waals surface area contributed by atoms with Crippen LogP contribution in [0.4, 0.5) is 0 Å². The number of hydrogen-bond donors (Lipinski definition) is 1. The summed E-state index contributed by atoms with van der Waals surface area (Å²) in [5, 5.41) is 2.74. The van der Waals surface area contributed by atoms with Crippen LogP contribution in [0.2, 0.25) is 0 Å². The first-order valence-electron chi connectivity index (χ1n) is 6.66. The standard InChI is InChI=1S/C15H23NO2/c1-4-12(3)13-6-8-14(9-7-13)18-11-10-15(17)16-5-2/h6-9,12H,4-5,10-11H2,1-3H3,(H,16,17). The number of nitrogens with one attached hydrogen (secondary N) is 1. The maximum Gasteiger partial charge on any atom is 0.223 e. The molecule has 1 N–H and O–H groups in total. The van der Waals surface area contributed by atoms with E-state index in [4.69, 9.17) is 4.74 Å². The lowest BCUT2D eigenvalue weighted by Gasteiger charge is -2.10. The summed E-state index contributed by atoms with van der Waals surface area (Å²) < 4.78 is 5.53. The van der Waals surface area contributed by atoms with Crippen LogP contribution in [-0.2, 0) is 4.79 Å². The summed E-state index contributed by atoms with van der Waals surface area (Å²) in [5.41, 5.74) is 1.33. The molecule has 0 fully saturated rings. The number of ether oxygens (including phenoxy) is 1. The van der Waals surface area contributed by atoms with Crippen molar-refractivity contribution in [3.05, 3.63) is 29.8 Å². The van der Waals surface area contributed by atoms with E-state index in [1.807, 2.05) is 19.1 Å². The van der Waals surface area contributed by atoms with Crippen LogP contribution in [0.5, 0.6) is 5.75 Å². The molecule has 1 atom stereocenters. The van der Waals surface area contributed by atoms with E-state index >= 15 is 0 Å². The molecule has 3 heteroatoms. The quantitative estimate of drug-likeness (QED) is 0.806. The van der Waals surface area contributed by atoms with Crippen molar-refractivity contribution in [1.82, 2.24) is 5.32 Å². The second-order valence-electron chi connectivity index (χ2n) is 4.43. The average molecular weight is 249 g/mol. The minimum atomic E-state index is 0.0359. The molecule has 1 aromatic carbocycles. The highest BCUT2D eigenvalue weighted by Crippen LogP contribution is 2.21. The third kappa shape index (κ3) is 4.78. The van der Waals surface area contributed by atoms with E-state index < -0.39 is 0 Å². The Hall–Kier alpha value is -1.51. The van der Waals surface area contributed by atoms with Gasteiger partial charge in [-0.2, -0.15) is 0 Å². The van der Waals surface area contributed by atoms with Gasteiger partial charge in [0.05, 0.1) is 13.0 Å². The predicted molar refractivity (Wildman–Crippen MR) is 73.9 cm³/mol. The Morgan fingerprint density at radius 2 is 1.94 bits per heavy atom. The van der Waals surface area contributed by atoms with Crippen molar-refractivity contribution in [2.75, 3.05) is 13.2 Å². The lowest BCUT2D eigenvalue weighted by atomic mass is 9.99. The van der Waals surface area contributed by atoms with E-state index in [1.54, 1.807) is 0 Å². The molecular formula is C15H23NO2. The zero-order chi connectivity index (χ0) is 13.4. The number of carbonyl (C=O) groups is 1. The molecular weight excluding hydrogens is 226 g/mol. The lowest BCUT2D eigenvalue weighted by molar-refractivity contribution is -0.121. The Kier molecular flexibility index (Phi) is 6.26. The van der Waals surface area contributed by atoms with Gasteiger partial charge >= 0.3 is 0 Å². The summed E-state index contributed by atoms with van der Waals surface area (Å²) in [6.45, 7) is 7.40. The van der Waals surface area contributed by atoms with Crippen molar-refractivity contribution < 1.29 is 9.53 Å². The van der Waals surface area contributed by atoms with E-state index in [0.717, 1.165) is 12.2 Å². The summed E-state index contributed by atoms with van der Waals surface area (Å²) in [6, 6.07) is 8.13. The van der Waals surface area contributed by atoms with Crippen molar-refractivity contribution in [2.24, 2.45) is 0 Å². The van der Waals surface area contributed by atoms with Gasteiger partial charge in [0, 0.05) is 6.54 Å². The molecule has 0 aliphatic heterocycles. The Balaban J connectivity index is 2.37. The summed E-state index contributed by atoms with van der Waals surface area (Å²) in [6.07, 6.45) is 1.54. The van der Waals surface area contributed by atoms with Gasteiger partial charge in [0.2, 0.25) is 5.91 Å². The summed E-state index contributed by atoms with van der Waals surface area (Å²) in [5.74, 6) is 1.44. The Morgan fingerprint density at radius 1 is 1.28 bits per heavy atom. The normalized spacial score (nSPS) is 11.9. The molecule has 0 heterocycles. The molecule has 0 bridgehead atoms. The van der Waals surface area contributed by atoms with Crippen molar-refractivity contribution in [1.29, 1.82) is 0 Å². The molecule has 0 spiro atoms. The highest BCUT2D eigenvalue weighted by Gasteiger charge is 2.03. The van der Waals surface area contributed by atoms with Gasteiger partial charge in [0.1, 0.15) is 5.75 Å². The van der Waals surface area contributed by atoms with Crippen LogP contribution in [0.15, 0.2) is 24.3 Å². The maximum absolute atomic E-state index is 11.2. The number of benzene rings is 1. The van der Waals surface area contributed by atoms with E-state index in [9.17, 15) is 4.79 Å². The number of carbonyl (C=O) groups excluding carboxylic acids is 1. The third-order valence-corrected chi connectivity index (χ3v) is 3.03. The molecule has 0 aliphatic carbocycles. The second kappa shape index (κ2) is 7.75. The summed E-state index contributed by atoms with van der Waals surface area (Å²) in [7, 11) is 0. The first kappa shape index (κ1) is 14.6. The first-order chi connectivity index (χ1) is 8.67. The van der Waals surface area contributed by atoms with Gasteiger partial charge in [-0.1, -0.05) is 26.0 Å². The van der Waals surface area contributed by atoms with Gasteiger partial charge in [0.15, 0.2) is 0 Å². The van der Waals surface area contributed by atoms with E-state index in [2.05, 4.69) is 31.3 Å². The molecule has 0 saturated carbocycles. The van der Waals surface area contributed by atoms with Gasteiger partial charge in [-0.3, -0.25) is 4.79 Å². The van der Waals surface area contributed by atoms with Gasteiger partial charge in [-0.25, -0.2) is 0 Å². The van der Waals surface area contributed by atoms with E-state index in [0.29, 0.717) is 25.5 Å². The molecule has 0 radical (unpaired) electrons. The molecule has 1 aromatic rings. The number of hydrogen-bond acceptors (Lipinski definition) is 2. The number of amides is 1. The molecule has 1 amide bonds. The summed E-state index contributed by atoms with van der Waals surface area (Å²) >= 11 is 0. The maximum atomic E-state index is 11.2. The predicted octanol–water partition coefficient (Wildman–Crippen LogP) is 3.11. The van der Waals surface area contributed by atoms with E-state index in [-0.39, 0.29) is 5.91 Å². The van der Waals surface area contributed by atoms with Crippen molar-refractivity contribution >= 4 is 5.91 Å². The zero-order valence-electron chi connectivity index (χ0n) is 11.5. The van der Waals surface area contributed by atoms with Crippen LogP contribution in [0.3, 0.4) is 0 Å². The van der Waals surface area contributed by atoms with E-state index in [1.165, 1.54) is 5.56 Å². The first-order valence-corrected chi connectivity index (χ1v) is 6.66. The largest absolute Gasteiger partial charge is 0.493 e. The fraction of sp³-hybridized carbons (Fsp3) is 0.533. The van der Waals surface area contributed by atoms with Crippen LogP contribution < -0.4 is 10.1 Å². The minimum Gasteiger partial charge on any atom is -0.493 e. The average Bonchev–Trinajstić information content (AvgIpc) is 2.39. The molecule has 0 aliphatic rings. The van der Waals surface area contributed by atoms with Gasteiger partial charge in [-0.05, 0) is 37.0 Å². The summed E-state index contributed by atoms with van der Waals surface area (Å²) in [4.78, 5) is 11.2. The molecule has 0 saturated heterocycles. The van der Waals surface area contributed by atoms with Crippen LogP contribution in [0.1, 0.15) is 45.1 Å². The van der Waals surface area contributed by atoms with Gasteiger partial charge < -0.3 is 10.1 Å². The highest BCUT2D eigenvalue weighted by atomic mass is 16.5. The van der Waals surface area contributed by atoms with Crippen LogP contribution in [0, 0.1) is 0 Å². The minimum absolute atomic E-state index is 0.0359. The fourth-order valence-electron chi connectivity index (χ4n) is 1.68. The van der Waals surface area contributed by atoms with Crippen LogP contribution >= 0.6 is 0 Å². The van der Waals surface area contributed by atoms with Gasteiger partial charge in [-0.15, -0.1) is 0 Å². The fourth-order valence-corrected chi connectivity index (χ4v) is 1.68. The van der Waals surface area contributed by atoms with Crippen LogP contribution in [0.25, 0.3) is 0 Å².